The van der Waals surface area contributed by atoms with Crippen molar-refractivity contribution in [3.8, 4) is 0 Å². The Labute approximate surface area is 157 Å². The van der Waals surface area contributed by atoms with E-state index in [0.717, 1.165) is 48.3 Å². The molecule has 0 atom stereocenters. The highest BCUT2D eigenvalue weighted by atomic mass is 19.1. The van der Waals surface area contributed by atoms with Crippen LogP contribution in [0, 0.1) is 5.82 Å². The molecular weight excluding hydrogens is 343 g/mol. The summed E-state index contributed by atoms with van der Waals surface area (Å²) >= 11 is 0. The Morgan fingerprint density at radius 2 is 1.93 bits per heavy atom. The summed E-state index contributed by atoms with van der Waals surface area (Å²) < 4.78 is 15.6. The largest absolute Gasteiger partial charge is 0.368 e. The van der Waals surface area contributed by atoms with E-state index in [2.05, 4.69) is 21.6 Å². The number of amides is 1. The number of aromatic nitrogens is 1. The van der Waals surface area contributed by atoms with Gasteiger partial charge in [0.05, 0.1) is 5.52 Å². The Morgan fingerprint density at radius 3 is 2.67 bits per heavy atom. The molecule has 2 N–H and O–H groups in total. The molecule has 0 spiro atoms. The minimum absolute atomic E-state index is 0.145. The van der Waals surface area contributed by atoms with Gasteiger partial charge in [-0.1, -0.05) is 18.2 Å². The molecule has 1 fully saturated rings. The van der Waals surface area contributed by atoms with Gasteiger partial charge in [0.1, 0.15) is 11.5 Å². The zero-order chi connectivity index (χ0) is 18.8. The van der Waals surface area contributed by atoms with Crippen LogP contribution in [0.5, 0.6) is 0 Å². The third-order valence-electron chi connectivity index (χ3n) is 5.07. The second-order valence-electron chi connectivity index (χ2n) is 6.77. The van der Waals surface area contributed by atoms with E-state index in [4.69, 9.17) is 0 Å². The van der Waals surface area contributed by atoms with E-state index >= 15 is 0 Å². The number of nitrogens with zero attached hydrogens (tertiary/aromatic N) is 2. The molecule has 140 valence electrons. The molecule has 1 aliphatic heterocycles. The van der Waals surface area contributed by atoms with Gasteiger partial charge in [-0.15, -0.1) is 0 Å². The lowest BCUT2D eigenvalue weighted by Gasteiger charge is -2.30. The van der Waals surface area contributed by atoms with Crippen molar-refractivity contribution in [3.63, 3.8) is 0 Å². The Kier molecular flexibility index (Phi) is 4.81. The van der Waals surface area contributed by atoms with Crippen LogP contribution in [0.25, 0.3) is 10.9 Å². The Bertz CT molecular complexity index is 975. The van der Waals surface area contributed by atoms with Crippen molar-refractivity contribution in [2.45, 2.75) is 6.54 Å². The quantitative estimate of drug-likeness (QED) is 0.746. The fourth-order valence-corrected chi connectivity index (χ4v) is 3.75. The van der Waals surface area contributed by atoms with Crippen molar-refractivity contribution in [3.05, 3.63) is 65.6 Å². The molecule has 0 radical (unpaired) electrons. The van der Waals surface area contributed by atoms with Crippen molar-refractivity contribution in [1.82, 2.24) is 15.2 Å². The molecule has 1 amide bonds. The summed E-state index contributed by atoms with van der Waals surface area (Å²) in [4.78, 5) is 14.9. The van der Waals surface area contributed by atoms with E-state index < -0.39 is 0 Å². The van der Waals surface area contributed by atoms with Crippen molar-refractivity contribution < 1.29 is 9.18 Å². The number of carbonyl (C=O) groups is 1. The molecule has 0 saturated carbocycles. The number of nitrogens with one attached hydrogen (secondary N) is 2. The monoisotopic (exact) mass is 366 g/mol. The Hall–Kier alpha value is -2.86. The number of rotatable bonds is 4. The zero-order valence-electron chi connectivity index (χ0n) is 15.3. The predicted octanol–water partition coefficient (Wildman–Crippen LogP) is 2.60. The van der Waals surface area contributed by atoms with Gasteiger partial charge in [0.25, 0.3) is 5.91 Å². The summed E-state index contributed by atoms with van der Waals surface area (Å²) in [5, 5.41) is 7.14. The summed E-state index contributed by atoms with van der Waals surface area (Å²) in [6, 6.07) is 14.6. The van der Waals surface area contributed by atoms with Crippen molar-refractivity contribution in [2.24, 2.45) is 0 Å². The summed E-state index contributed by atoms with van der Waals surface area (Å²) in [6.45, 7) is 4.20. The molecule has 0 aliphatic carbocycles. The van der Waals surface area contributed by atoms with Gasteiger partial charge >= 0.3 is 0 Å². The topological polar surface area (TPSA) is 49.3 Å². The van der Waals surface area contributed by atoms with Gasteiger partial charge in [-0.25, -0.2) is 4.39 Å². The molecule has 5 nitrogen and oxygen atoms in total. The van der Waals surface area contributed by atoms with Crippen LogP contribution in [-0.2, 0) is 6.54 Å². The number of fused-ring (bicyclic) bond motifs is 1. The molecule has 2 heterocycles. The fraction of sp³-hybridized carbons (Fsp3) is 0.286. The molecule has 27 heavy (non-hydrogen) atoms. The smallest absolute Gasteiger partial charge is 0.267 e. The lowest BCUT2D eigenvalue weighted by atomic mass is 10.1. The van der Waals surface area contributed by atoms with E-state index in [-0.39, 0.29) is 11.7 Å². The number of halogens is 1. The lowest BCUT2D eigenvalue weighted by Crippen LogP contribution is -2.43. The first kappa shape index (κ1) is 17.5. The number of benzene rings is 2. The predicted molar refractivity (Wildman–Crippen MR) is 106 cm³/mol. The number of carbonyl (C=O) groups excluding carboxylic acids is 1. The fourth-order valence-electron chi connectivity index (χ4n) is 3.75. The van der Waals surface area contributed by atoms with Crippen LogP contribution >= 0.6 is 0 Å². The van der Waals surface area contributed by atoms with Crippen LogP contribution in [0.2, 0.25) is 0 Å². The van der Waals surface area contributed by atoms with Crippen molar-refractivity contribution in [1.29, 1.82) is 0 Å². The summed E-state index contributed by atoms with van der Waals surface area (Å²) in [7, 11) is 1.63. The van der Waals surface area contributed by atoms with E-state index in [0.29, 0.717) is 12.2 Å². The van der Waals surface area contributed by atoms with Crippen LogP contribution in [0.4, 0.5) is 10.1 Å². The normalized spacial score (nSPS) is 14.5. The highest BCUT2D eigenvalue weighted by Gasteiger charge is 2.20. The molecule has 1 saturated heterocycles. The van der Waals surface area contributed by atoms with Crippen LogP contribution in [0.15, 0.2) is 48.5 Å². The molecule has 0 unspecified atom stereocenters. The van der Waals surface area contributed by atoms with E-state index in [1.165, 1.54) is 12.1 Å². The third kappa shape index (κ3) is 3.40. The third-order valence-corrected chi connectivity index (χ3v) is 5.07. The lowest BCUT2D eigenvalue weighted by molar-refractivity contribution is 0.0955. The number of hydrogen-bond acceptors (Lipinski definition) is 3. The van der Waals surface area contributed by atoms with Crippen molar-refractivity contribution >= 4 is 22.5 Å². The maximum Gasteiger partial charge on any atom is 0.267 e. The van der Waals surface area contributed by atoms with Gasteiger partial charge in [-0.3, -0.25) is 4.79 Å². The highest BCUT2D eigenvalue weighted by Crippen LogP contribution is 2.31. The van der Waals surface area contributed by atoms with Gasteiger partial charge in [0.15, 0.2) is 0 Å². The molecule has 6 heteroatoms. The summed E-state index contributed by atoms with van der Waals surface area (Å²) in [6.07, 6.45) is 0. The van der Waals surface area contributed by atoms with Crippen LogP contribution in [0.3, 0.4) is 0 Å². The molecule has 1 aliphatic rings. The first-order valence-corrected chi connectivity index (χ1v) is 9.22. The van der Waals surface area contributed by atoms with Crippen LogP contribution in [-0.4, -0.2) is 43.7 Å². The first-order valence-electron chi connectivity index (χ1n) is 9.22. The maximum atomic E-state index is 13.6. The molecular formula is C21H23FN4O. The molecule has 1 aromatic heterocycles. The SMILES string of the molecule is CNC(=O)c1cc2c(N3CCNCC3)cccc2n1Cc1cccc(F)c1. The van der Waals surface area contributed by atoms with Crippen LogP contribution in [0.1, 0.15) is 16.1 Å². The molecule has 0 bridgehead atoms. The Balaban J connectivity index is 1.84. The molecule has 2 aromatic carbocycles. The minimum Gasteiger partial charge on any atom is -0.368 e. The average Bonchev–Trinajstić information content (AvgIpc) is 3.06. The van der Waals surface area contributed by atoms with Gasteiger partial charge in [-0.05, 0) is 35.9 Å². The molecule has 3 aromatic rings. The van der Waals surface area contributed by atoms with E-state index in [1.54, 1.807) is 13.1 Å². The van der Waals surface area contributed by atoms with E-state index in [1.807, 2.05) is 28.8 Å². The second kappa shape index (κ2) is 7.40. The number of hydrogen-bond donors (Lipinski definition) is 2. The zero-order valence-corrected chi connectivity index (χ0v) is 15.3. The van der Waals surface area contributed by atoms with Gasteiger partial charge in [-0.2, -0.15) is 0 Å². The highest BCUT2D eigenvalue weighted by molar-refractivity contribution is 6.02. The molecule has 4 rings (SSSR count). The van der Waals surface area contributed by atoms with Gasteiger partial charge in [0, 0.05) is 50.8 Å². The standard InChI is InChI=1S/C21H23FN4O/c1-23-21(27)20-13-17-18(25-10-8-24-9-11-25)6-3-7-19(17)26(20)14-15-4-2-5-16(22)12-15/h2-7,12-13,24H,8-11,14H2,1H3,(H,23,27). The average molecular weight is 366 g/mol. The number of anilines is 1. The van der Waals surface area contributed by atoms with Gasteiger partial charge < -0.3 is 20.1 Å². The van der Waals surface area contributed by atoms with Crippen molar-refractivity contribution in [2.75, 3.05) is 38.1 Å². The van der Waals surface area contributed by atoms with Gasteiger partial charge in [0.2, 0.25) is 0 Å². The minimum atomic E-state index is -0.271. The number of piperazine rings is 1. The Morgan fingerprint density at radius 1 is 1.15 bits per heavy atom. The maximum absolute atomic E-state index is 13.6. The van der Waals surface area contributed by atoms with Crippen LogP contribution < -0.4 is 15.5 Å². The summed E-state index contributed by atoms with van der Waals surface area (Å²) in [5.74, 6) is -0.416. The second-order valence-corrected chi connectivity index (χ2v) is 6.77. The van der Waals surface area contributed by atoms with E-state index in [9.17, 15) is 9.18 Å². The summed E-state index contributed by atoms with van der Waals surface area (Å²) in [5.41, 5.74) is 3.52. The first-order chi connectivity index (χ1) is 13.2.